The van der Waals surface area contributed by atoms with Crippen molar-refractivity contribution in [2.24, 2.45) is 0 Å². The summed E-state index contributed by atoms with van der Waals surface area (Å²) in [6, 6.07) is 15.4. The molecule has 29 heavy (non-hydrogen) atoms. The molecule has 4 rings (SSSR count). The van der Waals surface area contributed by atoms with Gasteiger partial charge in [-0.15, -0.1) is 11.3 Å². The predicted octanol–water partition coefficient (Wildman–Crippen LogP) is 4.28. The number of rotatable bonds is 7. The first-order valence-corrected chi connectivity index (χ1v) is 12.0. The van der Waals surface area contributed by atoms with Crippen molar-refractivity contribution in [3.05, 3.63) is 70.0 Å². The molecule has 2 aromatic carbocycles. The van der Waals surface area contributed by atoms with Crippen molar-refractivity contribution in [1.29, 1.82) is 0 Å². The Morgan fingerprint density at radius 2 is 2.03 bits per heavy atom. The summed E-state index contributed by atoms with van der Waals surface area (Å²) >= 11 is 7.70. The number of sulfonamides is 1. The van der Waals surface area contributed by atoms with Gasteiger partial charge in [-0.3, -0.25) is 9.62 Å². The van der Waals surface area contributed by atoms with Gasteiger partial charge in [0.05, 0.1) is 21.1 Å². The first-order chi connectivity index (χ1) is 14.0. The SMILES string of the molecule is O=S(=O)(Nc1cscn1)c1ccc(N[C@@H]2CCN(Cc3ccccc3)C2)c(Cl)c1. The van der Waals surface area contributed by atoms with Crippen LogP contribution in [0, 0.1) is 0 Å². The first-order valence-electron chi connectivity index (χ1n) is 9.23. The summed E-state index contributed by atoms with van der Waals surface area (Å²) in [7, 11) is -3.72. The van der Waals surface area contributed by atoms with Gasteiger partial charge in [-0.05, 0) is 30.2 Å². The lowest BCUT2D eigenvalue weighted by Crippen LogP contribution is -2.26. The van der Waals surface area contributed by atoms with Crippen LogP contribution in [0.5, 0.6) is 0 Å². The normalized spacial score (nSPS) is 17.3. The van der Waals surface area contributed by atoms with Gasteiger partial charge in [0.1, 0.15) is 0 Å². The highest BCUT2D eigenvalue weighted by atomic mass is 35.5. The third kappa shape index (κ3) is 5.08. The maximum Gasteiger partial charge on any atom is 0.263 e. The molecule has 2 heterocycles. The molecule has 2 N–H and O–H groups in total. The fraction of sp³-hybridized carbons (Fsp3) is 0.250. The highest BCUT2D eigenvalue weighted by Gasteiger charge is 2.23. The minimum atomic E-state index is -3.72. The van der Waals surface area contributed by atoms with Gasteiger partial charge in [0, 0.05) is 31.1 Å². The van der Waals surface area contributed by atoms with E-state index in [4.69, 9.17) is 11.6 Å². The van der Waals surface area contributed by atoms with E-state index in [2.05, 4.69) is 44.2 Å². The van der Waals surface area contributed by atoms with Gasteiger partial charge in [0.15, 0.2) is 5.82 Å². The zero-order chi connectivity index (χ0) is 20.3. The van der Waals surface area contributed by atoms with Crippen molar-refractivity contribution < 1.29 is 8.42 Å². The molecule has 0 aliphatic carbocycles. The zero-order valence-corrected chi connectivity index (χ0v) is 18.0. The van der Waals surface area contributed by atoms with Crippen LogP contribution in [0.1, 0.15) is 12.0 Å². The highest BCUT2D eigenvalue weighted by Crippen LogP contribution is 2.28. The smallest absolute Gasteiger partial charge is 0.263 e. The van der Waals surface area contributed by atoms with E-state index in [-0.39, 0.29) is 10.9 Å². The third-order valence-electron chi connectivity index (χ3n) is 4.80. The van der Waals surface area contributed by atoms with E-state index >= 15 is 0 Å². The van der Waals surface area contributed by atoms with Crippen LogP contribution >= 0.6 is 22.9 Å². The monoisotopic (exact) mass is 448 g/mol. The maximum atomic E-state index is 12.5. The summed E-state index contributed by atoms with van der Waals surface area (Å²) < 4.78 is 27.4. The van der Waals surface area contributed by atoms with Crippen LogP contribution in [0.4, 0.5) is 11.5 Å². The molecule has 0 bridgehead atoms. The predicted molar refractivity (Wildman–Crippen MR) is 118 cm³/mol. The Morgan fingerprint density at radius 1 is 1.21 bits per heavy atom. The van der Waals surface area contributed by atoms with E-state index in [0.29, 0.717) is 10.8 Å². The van der Waals surface area contributed by atoms with E-state index in [1.54, 1.807) is 23.0 Å². The van der Waals surface area contributed by atoms with Crippen LogP contribution in [0.3, 0.4) is 0 Å². The molecule has 9 heteroatoms. The number of halogens is 1. The molecular weight excluding hydrogens is 428 g/mol. The van der Waals surface area contributed by atoms with Crippen molar-refractivity contribution in [1.82, 2.24) is 9.88 Å². The van der Waals surface area contributed by atoms with Crippen LogP contribution in [-0.2, 0) is 16.6 Å². The van der Waals surface area contributed by atoms with Crippen molar-refractivity contribution in [2.45, 2.75) is 23.9 Å². The molecule has 1 aliphatic rings. The van der Waals surface area contributed by atoms with Gasteiger partial charge >= 0.3 is 0 Å². The number of hydrogen-bond acceptors (Lipinski definition) is 6. The number of benzene rings is 2. The van der Waals surface area contributed by atoms with Gasteiger partial charge in [0.2, 0.25) is 0 Å². The van der Waals surface area contributed by atoms with Gasteiger partial charge in [0.25, 0.3) is 10.0 Å². The van der Waals surface area contributed by atoms with Gasteiger partial charge < -0.3 is 5.32 Å². The lowest BCUT2D eigenvalue weighted by molar-refractivity contribution is 0.328. The molecule has 1 fully saturated rings. The average molecular weight is 449 g/mol. The number of aromatic nitrogens is 1. The van der Waals surface area contributed by atoms with E-state index in [1.165, 1.54) is 23.0 Å². The summed E-state index contributed by atoms with van der Waals surface area (Å²) in [6.07, 6.45) is 1.01. The van der Waals surface area contributed by atoms with Gasteiger partial charge in [-0.2, -0.15) is 0 Å². The molecule has 1 aliphatic heterocycles. The molecule has 1 aromatic heterocycles. The largest absolute Gasteiger partial charge is 0.380 e. The van der Waals surface area contributed by atoms with Crippen molar-refractivity contribution in [2.75, 3.05) is 23.1 Å². The average Bonchev–Trinajstić information content (AvgIpc) is 3.36. The quantitative estimate of drug-likeness (QED) is 0.564. The fourth-order valence-electron chi connectivity index (χ4n) is 3.40. The van der Waals surface area contributed by atoms with Gasteiger partial charge in [-0.1, -0.05) is 41.9 Å². The van der Waals surface area contributed by atoms with Crippen LogP contribution in [0.2, 0.25) is 5.02 Å². The number of nitrogens with zero attached hydrogens (tertiary/aromatic N) is 2. The van der Waals surface area contributed by atoms with Crippen LogP contribution in [0.15, 0.2) is 64.3 Å². The fourth-order valence-corrected chi connectivity index (χ4v) is 5.28. The molecule has 0 saturated carbocycles. The Bertz CT molecular complexity index is 1060. The lowest BCUT2D eigenvalue weighted by Gasteiger charge is -2.18. The Kier molecular flexibility index (Phi) is 6.05. The second-order valence-electron chi connectivity index (χ2n) is 6.97. The van der Waals surface area contributed by atoms with E-state index in [1.807, 2.05) is 6.07 Å². The number of hydrogen-bond donors (Lipinski definition) is 2. The summed E-state index contributed by atoms with van der Waals surface area (Å²) in [5, 5.41) is 5.47. The standard InChI is InChI=1S/C20H21ClN4O2S2/c21-18-10-17(29(26,27)24-20-13-28-14-22-20)6-7-19(18)23-16-8-9-25(12-16)11-15-4-2-1-3-5-15/h1-7,10,13-14,16,23-24H,8-9,11-12H2/t16-/m1/s1. The molecule has 152 valence electrons. The molecule has 1 atom stereocenters. The number of likely N-dealkylation sites (tertiary alicyclic amines) is 1. The number of anilines is 2. The van der Waals surface area contributed by atoms with E-state index in [0.717, 1.165) is 31.7 Å². The maximum absolute atomic E-state index is 12.5. The summed E-state index contributed by atoms with van der Waals surface area (Å²) in [5.74, 6) is 0.304. The molecule has 0 radical (unpaired) electrons. The molecule has 0 unspecified atom stereocenters. The van der Waals surface area contributed by atoms with Crippen molar-refractivity contribution in [3.8, 4) is 0 Å². The molecule has 0 amide bonds. The Labute approximate surface area is 179 Å². The lowest BCUT2D eigenvalue weighted by atomic mass is 10.2. The summed E-state index contributed by atoms with van der Waals surface area (Å²) in [5.41, 5.74) is 3.61. The molecule has 3 aromatic rings. The van der Waals surface area contributed by atoms with Crippen molar-refractivity contribution in [3.63, 3.8) is 0 Å². The topological polar surface area (TPSA) is 74.3 Å². The van der Waals surface area contributed by atoms with Crippen LogP contribution in [-0.4, -0.2) is 37.4 Å². The Morgan fingerprint density at radius 3 is 2.76 bits per heavy atom. The Balaban J connectivity index is 1.39. The Hall–Kier alpha value is -2.13. The van der Waals surface area contributed by atoms with Crippen LogP contribution < -0.4 is 10.0 Å². The minimum Gasteiger partial charge on any atom is -0.380 e. The second kappa shape index (κ2) is 8.71. The molecule has 6 nitrogen and oxygen atoms in total. The van der Waals surface area contributed by atoms with E-state index < -0.39 is 10.0 Å². The molecule has 0 spiro atoms. The summed E-state index contributed by atoms with van der Waals surface area (Å²) in [4.78, 5) is 6.46. The molecular formula is C20H21ClN4O2S2. The van der Waals surface area contributed by atoms with Crippen LogP contribution in [0.25, 0.3) is 0 Å². The van der Waals surface area contributed by atoms with E-state index in [9.17, 15) is 8.42 Å². The molecule has 1 saturated heterocycles. The number of thiazole rings is 1. The third-order valence-corrected chi connectivity index (χ3v) is 7.05. The number of nitrogens with one attached hydrogen (secondary N) is 2. The van der Waals surface area contributed by atoms with Crippen molar-refractivity contribution >= 4 is 44.5 Å². The highest BCUT2D eigenvalue weighted by molar-refractivity contribution is 7.92. The minimum absolute atomic E-state index is 0.109. The first kappa shape index (κ1) is 20.2. The zero-order valence-electron chi connectivity index (χ0n) is 15.6. The second-order valence-corrected chi connectivity index (χ2v) is 9.78. The summed E-state index contributed by atoms with van der Waals surface area (Å²) in [6.45, 7) is 2.84. The van der Waals surface area contributed by atoms with Gasteiger partial charge in [-0.25, -0.2) is 13.4 Å².